The van der Waals surface area contributed by atoms with Crippen molar-refractivity contribution in [1.82, 2.24) is 0 Å². The fourth-order valence-electron chi connectivity index (χ4n) is 2.00. The molecule has 0 spiro atoms. The maximum Gasteiger partial charge on any atom is 0.301 e. The summed E-state index contributed by atoms with van der Waals surface area (Å²) in [7, 11) is 1.46. The Labute approximate surface area is 129 Å². The van der Waals surface area contributed by atoms with Gasteiger partial charge in [0.2, 0.25) is 5.78 Å². The molecule has 22 heavy (non-hydrogen) atoms. The van der Waals surface area contributed by atoms with Gasteiger partial charge in [-0.1, -0.05) is 42.5 Å². The first-order valence-corrected chi connectivity index (χ1v) is 6.83. The summed E-state index contributed by atoms with van der Waals surface area (Å²) in [6, 6.07) is 13.3. The number of halogens is 1. The van der Waals surface area contributed by atoms with Crippen LogP contribution in [0.1, 0.15) is 15.9 Å². The number of carbonyl (C=O) groups excluding carboxylic acids is 1. The second-order valence-electron chi connectivity index (χ2n) is 4.64. The van der Waals surface area contributed by atoms with Crippen LogP contribution in [-0.4, -0.2) is 19.3 Å². The van der Waals surface area contributed by atoms with Crippen molar-refractivity contribution in [1.29, 1.82) is 0 Å². The van der Waals surface area contributed by atoms with Crippen LogP contribution in [0.15, 0.2) is 61.2 Å². The highest BCUT2D eigenvalue weighted by Crippen LogP contribution is 2.30. The second kappa shape index (κ2) is 7.41. The maximum atomic E-state index is 14.1. The van der Waals surface area contributed by atoms with Gasteiger partial charge >= 0.3 is 6.36 Å². The van der Waals surface area contributed by atoms with Crippen LogP contribution >= 0.6 is 0 Å². The topological polar surface area (TPSA) is 35.5 Å². The number of ether oxygens (including phenoxy) is 2. The summed E-state index contributed by atoms with van der Waals surface area (Å²) >= 11 is 0. The Balaban J connectivity index is 2.15. The zero-order chi connectivity index (χ0) is 15.9. The molecule has 2 aromatic rings. The van der Waals surface area contributed by atoms with E-state index < -0.39 is 12.1 Å². The zero-order valence-corrected chi connectivity index (χ0v) is 12.3. The molecule has 1 atom stereocenters. The summed E-state index contributed by atoms with van der Waals surface area (Å²) in [6.07, 6.45) is 0.340. The quantitative estimate of drug-likeness (QED) is 0.573. The van der Waals surface area contributed by atoms with E-state index in [-0.39, 0.29) is 11.3 Å². The van der Waals surface area contributed by atoms with Crippen molar-refractivity contribution in [2.45, 2.75) is 12.8 Å². The van der Waals surface area contributed by atoms with Gasteiger partial charge in [0.15, 0.2) is 11.5 Å². The van der Waals surface area contributed by atoms with Gasteiger partial charge in [-0.3, -0.25) is 4.79 Å². The van der Waals surface area contributed by atoms with Crippen molar-refractivity contribution >= 4 is 5.78 Å². The Bertz CT molecular complexity index is 653. The van der Waals surface area contributed by atoms with Gasteiger partial charge in [0, 0.05) is 5.56 Å². The number of benzene rings is 2. The number of Topliss-reactive ketones (excluding diaryl/α,β-unsaturated/α-hetero) is 1. The molecule has 0 saturated carbocycles. The molecule has 0 amide bonds. The SMILES string of the molecule is C=CCc1ccc(OC(F)C(=O)c2ccccc2)c(OC)c1. The van der Waals surface area contributed by atoms with E-state index in [4.69, 9.17) is 9.47 Å². The van der Waals surface area contributed by atoms with Gasteiger partial charge < -0.3 is 9.47 Å². The largest absolute Gasteiger partial charge is 0.493 e. The lowest BCUT2D eigenvalue weighted by Crippen LogP contribution is -2.22. The van der Waals surface area contributed by atoms with Crippen LogP contribution in [0.25, 0.3) is 0 Å². The van der Waals surface area contributed by atoms with Gasteiger partial charge in [0.1, 0.15) is 0 Å². The monoisotopic (exact) mass is 300 g/mol. The number of hydrogen-bond acceptors (Lipinski definition) is 3. The number of alkyl halides is 1. The summed E-state index contributed by atoms with van der Waals surface area (Å²) in [5.74, 6) is -0.159. The molecule has 0 aliphatic rings. The molecule has 2 aromatic carbocycles. The summed E-state index contributed by atoms with van der Waals surface area (Å²) in [6.45, 7) is 3.66. The molecule has 0 aliphatic heterocycles. The van der Waals surface area contributed by atoms with E-state index in [1.165, 1.54) is 7.11 Å². The van der Waals surface area contributed by atoms with Crippen molar-refractivity contribution in [3.05, 3.63) is 72.3 Å². The van der Waals surface area contributed by atoms with Gasteiger partial charge in [-0.2, -0.15) is 4.39 Å². The molecule has 0 heterocycles. The predicted molar refractivity (Wildman–Crippen MR) is 83.2 cm³/mol. The Morgan fingerprint density at radius 2 is 1.95 bits per heavy atom. The van der Waals surface area contributed by atoms with Crippen molar-refractivity contribution < 1.29 is 18.7 Å². The average Bonchev–Trinajstić information content (AvgIpc) is 2.56. The lowest BCUT2D eigenvalue weighted by atomic mass is 10.1. The molecule has 0 N–H and O–H groups in total. The number of ketones is 1. The smallest absolute Gasteiger partial charge is 0.301 e. The first-order chi connectivity index (χ1) is 10.7. The minimum Gasteiger partial charge on any atom is -0.493 e. The van der Waals surface area contributed by atoms with Crippen LogP contribution in [0.4, 0.5) is 4.39 Å². The summed E-state index contributed by atoms with van der Waals surface area (Å²) in [5.41, 5.74) is 1.22. The van der Waals surface area contributed by atoms with Gasteiger partial charge in [-0.15, -0.1) is 6.58 Å². The van der Waals surface area contributed by atoms with Gasteiger partial charge in [0.05, 0.1) is 7.11 Å². The summed E-state index contributed by atoms with van der Waals surface area (Å²) in [4.78, 5) is 12.0. The fraction of sp³-hybridized carbons (Fsp3) is 0.167. The summed E-state index contributed by atoms with van der Waals surface area (Å²) < 4.78 is 24.4. The number of carbonyl (C=O) groups is 1. The molecular weight excluding hydrogens is 283 g/mol. The van der Waals surface area contributed by atoms with Crippen molar-refractivity contribution in [2.75, 3.05) is 7.11 Å². The van der Waals surface area contributed by atoms with Crippen LogP contribution < -0.4 is 9.47 Å². The minimum atomic E-state index is -2.08. The third kappa shape index (κ3) is 3.73. The Morgan fingerprint density at radius 3 is 2.59 bits per heavy atom. The van der Waals surface area contributed by atoms with Crippen LogP contribution in [0.2, 0.25) is 0 Å². The second-order valence-corrected chi connectivity index (χ2v) is 4.64. The van der Waals surface area contributed by atoms with Crippen LogP contribution in [-0.2, 0) is 6.42 Å². The molecule has 0 aliphatic carbocycles. The molecular formula is C18H17FO3. The Morgan fingerprint density at radius 1 is 1.23 bits per heavy atom. The van der Waals surface area contributed by atoms with Crippen LogP contribution in [0.5, 0.6) is 11.5 Å². The molecule has 114 valence electrons. The number of methoxy groups -OCH3 is 1. The summed E-state index contributed by atoms with van der Waals surface area (Å²) in [5, 5.41) is 0. The highest BCUT2D eigenvalue weighted by Gasteiger charge is 2.22. The molecule has 1 unspecified atom stereocenters. The van der Waals surface area contributed by atoms with Crippen molar-refractivity contribution in [3.8, 4) is 11.5 Å². The van der Waals surface area contributed by atoms with E-state index in [0.717, 1.165) is 5.56 Å². The van der Waals surface area contributed by atoms with E-state index in [0.29, 0.717) is 12.2 Å². The van der Waals surface area contributed by atoms with E-state index in [1.54, 1.807) is 54.6 Å². The van der Waals surface area contributed by atoms with Gasteiger partial charge in [0.25, 0.3) is 0 Å². The Hall–Kier alpha value is -2.62. The number of rotatable bonds is 7. The van der Waals surface area contributed by atoms with E-state index in [1.807, 2.05) is 0 Å². The van der Waals surface area contributed by atoms with E-state index in [9.17, 15) is 9.18 Å². The first-order valence-electron chi connectivity index (χ1n) is 6.83. The molecule has 0 bridgehead atoms. The number of hydrogen-bond donors (Lipinski definition) is 0. The third-order valence-electron chi connectivity index (χ3n) is 3.10. The lowest BCUT2D eigenvalue weighted by Gasteiger charge is -2.14. The molecule has 0 fully saturated rings. The standard InChI is InChI=1S/C18H17FO3/c1-3-7-13-10-11-15(16(12-13)21-2)22-18(19)17(20)14-8-5-4-6-9-14/h3-6,8-12,18H,1,7H2,2H3. The van der Waals surface area contributed by atoms with Gasteiger partial charge in [-0.05, 0) is 24.1 Å². The van der Waals surface area contributed by atoms with Crippen LogP contribution in [0.3, 0.4) is 0 Å². The van der Waals surface area contributed by atoms with E-state index in [2.05, 4.69) is 6.58 Å². The average molecular weight is 300 g/mol. The predicted octanol–water partition coefficient (Wildman–Crippen LogP) is 3.98. The zero-order valence-electron chi connectivity index (χ0n) is 12.3. The molecule has 3 nitrogen and oxygen atoms in total. The van der Waals surface area contributed by atoms with Crippen molar-refractivity contribution in [3.63, 3.8) is 0 Å². The molecule has 2 rings (SSSR count). The molecule has 0 aromatic heterocycles. The minimum absolute atomic E-state index is 0.187. The highest BCUT2D eigenvalue weighted by molar-refractivity contribution is 5.98. The van der Waals surface area contributed by atoms with Crippen LogP contribution in [0, 0.1) is 0 Å². The third-order valence-corrected chi connectivity index (χ3v) is 3.10. The lowest BCUT2D eigenvalue weighted by molar-refractivity contribution is 0.0440. The normalized spacial score (nSPS) is 11.5. The molecule has 4 heteroatoms. The Kier molecular flexibility index (Phi) is 5.31. The highest BCUT2D eigenvalue weighted by atomic mass is 19.1. The first kappa shape index (κ1) is 15.8. The molecule has 0 radical (unpaired) electrons. The number of allylic oxidation sites excluding steroid dienone is 1. The van der Waals surface area contributed by atoms with Crippen molar-refractivity contribution in [2.24, 2.45) is 0 Å². The fourth-order valence-corrected chi connectivity index (χ4v) is 2.00. The molecule has 0 saturated heterocycles. The maximum absolute atomic E-state index is 14.1. The van der Waals surface area contributed by atoms with Gasteiger partial charge in [-0.25, -0.2) is 0 Å². The van der Waals surface area contributed by atoms with E-state index >= 15 is 0 Å².